The van der Waals surface area contributed by atoms with Crippen molar-refractivity contribution in [2.45, 2.75) is 32.7 Å². The van der Waals surface area contributed by atoms with E-state index < -0.39 is 5.92 Å². The van der Waals surface area contributed by atoms with E-state index >= 15 is 0 Å². The topological polar surface area (TPSA) is 78.5 Å². The zero-order valence-electron chi connectivity index (χ0n) is 16.1. The third-order valence-corrected chi connectivity index (χ3v) is 4.94. The van der Waals surface area contributed by atoms with E-state index in [2.05, 4.69) is 24.7 Å². The average molecular weight is 379 g/mol. The van der Waals surface area contributed by atoms with E-state index in [-0.39, 0.29) is 24.1 Å². The van der Waals surface area contributed by atoms with Gasteiger partial charge >= 0.3 is 0 Å². The van der Waals surface area contributed by atoms with E-state index in [4.69, 9.17) is 0 Å². The van der Waals surface area contributed by atoms with Crippen LogP contribution in [0.2, 0.25) is 0 Å². The standard InChI is InChI=1S/C22H25N3O3/c1-15(2)17-8-10-18(11-9-17)21(27)23-24-22(28)19-12-20(26)25(14-19)13-16-6-4-3-5-7-16/h3-11,15,19H,12-14H2,1-2H3,(H,23,27)(H,24,28). The summed E-state index contributed by atoms with van der Waals surface area (Å²) in [5.74, 6) is -0.875. The first-order valence-corrected chi connectivity index (χ1v) is 9.46. The number of nitrogens with zero attached hydrogens (tertiary/aromatic N) is 1. The smallest absolute Gasteiger partial charge is 0.269 e. The quantitative estimate of drug-likeness (QED) is 0.784. The molecule has 1 aliphatic rings. The highest BCUT2D eigenvalue weighted by molar-refractivity contribution is 5.96. The predicted molar refractivity (Wildman–Crippen MR) is 106 cm³/mol. The molecule has 0 saturated carbocycles. The summed E-state index contributed by atoms with van der Waals surface area (Å²) in [4.78, 5) is 38.4. The number of nitrogens with one attached hydrogen (secondary N) is 2. The second-order valence-corrected chi connectivity index (χ2v) is 7.38. The molecule has 0 bridgehead atoms. The van der Waals surface area contributed by atoms with Crippen molar-refractivity contribution < 1.29 is 14.4 Å². The number of hydrogen-bond acceptors (Lipinski definition) is 3. The number of likely N-dealkylation sites (tertiary alicyclic amines) is 1. The Morgan fingerprint density at radius 2 is 1.71 bits per heavy atom. The van der Waals surface area contributed by atoms with Crippen LogP contribution >= 0.6 is 0 Å². The molecular formula is C22H25N3O3. The van der Waals surface area contributed by atoms with Crippen LogP contribution in [0, 0.1) is 5.92 Å². The minimum atomic E-state index is -0.472. The van der Waals surface area contributed by atoms with Gasteiger partial charge in [0.1, 0.15) is 0 Å². The first-order chi connectivity index (χ1) is 13.4. The number of hydrazine groups is 1. The third kappa shape index (κ3) is 4.76. The first-order valence-electron chi connectivity index (χ1n) is 9.46. The second-order valence-electron chi connectivity index (χ2n) is 7.38. The third-order valence-electron chi connectivity index (χ3n) is 4.94. The van der Waals surface area contributed by atoms with Crippen LogP contribution in [0.25, 0.3) is 0 Å². The summed E-state index contributed by atoms with van der Waals surface area (Å²) in [6, 6.07) is 16.9. The van der Waals surface area contributed by atoms with Crippen molar-refractivity contribution in [3.8, 4) is 0 Å². The van der Waals surface area contributed by atoms with Crippen molar-refractivity contribution in [1.82, 2.24) is 15.8 Å². The van der Waals surface area contributed by atoms with Crippen LogP contribution in [0.5, 0.6) is 0 Å². The lowest BCUT2D eigenvalue weighted by molar-refractivity contribution is -0.129. The maximum Gasteiger partial charge on any atom is 0.269 e. The molecule has 1 aliphatic heterocycles. The highest BCUT2D eigenvalue weighted by Gasteiger charge is 2.34. The molecule has 2 aromatic carbocycles. The van der Waals surface area contributed by atoms with Crippen LogP contribution in [-0.2, 0) is 16.1 Å². The van der Waals surface area contributed by atoms with Crippen LogP contribution in [0.1, 0.15) is 47.7 Å². The van der Waals surface area contributed by atoms with Gasteiger partial charge in [-0.1, -0.05) is 56.3 Å². The van der Waals surface area contributed by atoms with Gasteiger partial charge in [-0.05, 0) is 29.2 Å². The minimum Gasteiger partial charge on any atom is -0.338 e. The van der Waals surface area contributed by atoms with Gasteiger partial charge < -0.3 is 4.90 Å². The number of rotatable bonds is 5. The Kier molecular flexibility index (Phi) is 6.09. The van der Waals surface area contributed by atoms with Gasteiger partial charge in [0, 0.05) is 25.1 Å². The summed E-state index contributed by atoms with van der Waals surface area (Å²) in [5, 5.41) is 0. The molecule has 1 atom stereocenters. The van der Waals surface area contributed by atoms with Gasteiger partial charge in [-0.2, -0.15) is 0 Å². The number of hydrogen-bond donors (Lipinski definition) is 2. The molecule has 3 rings (SSSR count). The fourth-order valence-electron chi connectivity index (χ4n) is 3.22. The van der Waals surface area contributed by atoms with Crippen molar-refractivity contribution >= 4 is 17.7 Å². The van der Waals surface area contributed by atoms with Crippen molar-refractivity contribution in [3.05, 3.63) is 71.3 Å². The van der Waals surface area contributed by atoms with E-state index in [1.54, 1.807) is 17.0 Å². The summed E-state index contributed by atoms with van der Waals surface area (Å²) in [6.07, 6.45) is 0.150. The molecule has 3 amide bonds. The molecule has 1 unspecified atom stereocenters. The van der Waals surface area contributed by atoms with E-state index in [1.807, 2.05) is 42.5 Å². The predicted octanol–water partition coefficient (Wildman–Crippen LogP) is 2.62. The summed E-state index contributed by atoms with van der Waals surface area (Å²) in [5.41, 5.74) is 7.52. The van der Waals surface area contributed by atoms with Crippen LogP contribution in [0.4, 0.5) is 0 Å². The molecule has 1 saturated heterocycles. The Bertz CT molecular complexity index is 847. The molecule has 0 aromatic heterocycles. The molecule has 1 heterocycles. The zero-order chi connectivity index (χ0) is 20.1. The maximum absolute atomic E-state index is 12.4. The van der Waals surface area contributed by atoms with E-state index in [0.29, 0.717) is 24.6 Å². The lowest BCUT2D eigenvalue weighted by atomic mass is 10.0. The van der Waals surface area contributed by atoms with Gasteiger partial charge in [-0.25, -0.2) is 0 Å². The highest BCUT2D eigenvalue weighted by atomic mass is 16.2. The van der Waals surface area contributed by atoms with E-state index in [1.165, 1.54) is 0 Å². The molecule has 6 nitrogen and oxygen atoms in total. The molecule has 146 valence electrons. The number of carbonyl (C=O) groups excluding carboxylic acids is 3. The Balaban J connectivity index is 1.50. The number of benzene rings is 2. The van der Waals surface area contributed by atoms with Gasteiger partial charge in [0.25, 0.3) is 5.91 Å². The summed E-state index contributed by atoms with van der Waals surface area (Å²) < 4.78 is 0. The Labute approximate surface area is 164 Å². The Morgan fingerprint density at radius 1 is 1.04 bits per heavy atom. The van der Waals surface area contributed by atoms with E-state index in [0.717, 1.165) is 11.1 Å². The van der Waals surface area contributed by atoms with Gasteiger partial charge in [-0.3, -0.25) is 25.2 Å². The Morgan fingerprint density at radius 3 is 2.36 bits per heavy atom. The van der Waals surface area contributed by atoms with Gasteiger partial charge in [0.05, 0.1) is 5.92 Å². The normalized spacial score (nSPS) is 16.3. The first kappa shape index (κ1) is 19.6. The van der Waals surface area contributed by atoms with Gasteiger partial charge in [0.15, 0.2) is 0 Å². The van der Waals surface area contributed by atoms with Crippen LogP contribution in [0.15, 0.2) is 54.6 Å². The average Bonchev–Trinajstić information content (AvgIpc) is 3.07. The molecular weight excluding hydrogens is 354 g/mol. The maximum atomic E-state index is 12.4. The van der Waals surface area contributed by atoms with Crippen LogP contribution in [0.3, 0.4) is 0 Å². The molecule has 2 aromatic rings. The second kappa shape index (κ2) is 8.69. The molecule has 6 heteroatoms. The Hall–Kier alpha value is -3.15. The lowest BCUT2D eigenvalue weighted by Crippen LogP contribution is -2.45. The van der Waals surface area contributed by atoms with Crippen molar-refractivity contribution in [3.63, 3.8) is 0 Å². The highest BCUT2D eigenvalue weighted by Crippen LogP contribution is 2.20. The van der Waals surface area contributed by atoms with Crippen molar-refractivity contribution in [2.75, 3.05) is 6.54 Å². The van der Waals surface area contributed by atoms with Gasteiger partial charge in [-0.15, -0.1) is 0 Å². The zero-order valence-corrected chi connectivity index (χ0v) is 16.1. The number of carbonyl (C=O) groups is 3. The fourth-order valence-corrected chi connectivity index (χ4v) is 3.22. The largest absolute Gasteiger partial charge is 0.338 e. The van der Waals surface area contributed by atoms with Crippen LogP contribution < -0.4 is 10.9 Å². The summed E-state index contributed by atoms with van der Waals surface area (Å²) in [7, 11) is 0. The lowest BCUT2D eigenvalue weighted by Gasteiger charge is -2.16. The molecule has 0 radical (unpaired) electrons. The summed E-state index contributed by atoms with van der Waals surface area (Å²) >= 11 is 0. The van der Waals surface area contributed by atoms with Crippen molar-refractivity contribution in [1.29, 1.82) is 0 Å². The molecule has 28 heavy (non-hydrogen) atoms. The molecule has 1 fully saturated rings. The molecule has 0 spiro atoms. The SMILES string of the molecule is CC(C)c1ccc(C(=O)NNC(=O)C2CC(=O)N(Cc3ccccc3)C2)cc1. The summed E-state index contributed by atoms with van der Waals surface area (Å²) in [6.45, 7) is 5.00. The molecule has 2 N–H and O–H groups in total. The van der Waals surface area contributed by atoms with Gasteiger partial charge in [0.2, 0.25) is 11.8 Å². The molecule has 0 aliphatic carbocycles. The van der Waals surface area contributed by atoms with E-state index in [9.17, 15) is 14.4 Å². The minimum absolute atomic E-state index is 0.0559. The van der Waals surface area contributed by atoms with Crippen LogP contribution in [-0.4, -0.2) is 29.2 Å². The fraction of sp³-hybridized carbons (Fsp3) is 0.318. The number of amides is 3. The van der Waals surface area contributed by atoms with Crippen molar-refractivity contribution in [2.24, 2.45) is 5.92 Å². The monoisotopic (exact) mass is 379 g/mol.